The summed E-state index contributed by atoms with van der Waals surface area (Å²) in [4.78, 5) is 4.29. The number of nitrogens with one attached hydrogen (secondary N) is 1. The third-order valence-corrected chi connectivity index (χ3v) is 2.69. The lowest BCUT2D eigenvalue weighted by Crippen LogP contribution is -2.12. The molecule has 2 rings (SSSR count). The normalized spacial score (nSPS) is 11.1. The number of hydrogen-bond donors (Lipinski definition) is 1. The summed E-state index contributed by atoms with van der Waals surface area (Å²) in [7, 11) is 0. The molecular weight excluding hydrogens is 248 g/mol. The maximum Gasteiger partial charge on any atom is 0.207 e. The third-order valence-electron chi connectivity index (χ3n) is 2.69. The molecule has 0 fully saturated rings. The predicted molar refractivity (Wildman–Crippen MR) is 71.5 cm³/mol. The van der Waals surface area contributed by atoms with Crippen molar-refractivity contribution in [1.82, 2.24) is 9.55 Å². The summed E-state index contributed by atoms with van der Waals surface area (Å²) in [5, 5.41) is 3.14. The van der Waals surface area contributed by atoms with Gasteiger partial charge in [-0.3, -0.25) is 4.57 Å². The number of nitrogens with zero attached hydrogens (tertiary/aromatic N) is 2. The number of hydrogen-bond acceptors (Lipinski definition) is 2. The van der Waals surface area contributed by atoms with Crippen LogP contribution in [0.25, 0.3) is 5.69 Å². The van der Waals surface area contributed by atoms with Crippen LogP contribution in [-0.4, -0.2) is 16.1 Å². The van der Waals surface area contributed by atoms with Crippen LogP contribution in [0, 0.1) is 24.5 Å². The lowest BCUT2D eigenvalue weighted by atomic mass is 10.2. The molecule has 0 saturated heterocycles. The second-order valence-electron chi connectivity index (χ2n) is 4.92. The van der Waals surface area contributed by atoms with E-state index in [-0.39, 0.29) is 5.69 Å². The van der Waals surface area contributed by atoms with Gasteiger partial charge in [-0.05, 0) is 25.0 Å². The predicted octanol–water partition coefficient (Wildman–Crippen LogP) is 3.53. The highest BCUT2D eigenvalue weighted by Gasteiger charge is 2.14. The van der Waals surface area contributed by atoms with Crippen molar-refractivity contribution in [2.24, 2.45) is 5.92 Å². The molecule has 1 heterocycles. The van der Waals surface area contributed by atoms with Crippen molar-refractivity contribution in [3.8, 4) is 5.69 Å². The molecule has 0 aliphatic rings. The van der Waals surface area contributed by atoms with Crippen LogP contribution in [0.3, 0.4) is 0 Å². The summed E-state index contributed by atoms with van der Waals surface area (Å²) in [6, 6.07) is 4.11. The highest BCUT2D eigenvalue weighted by Crippen LogP contribution is 2.21. The number of benzene rings is 1. The number of aromatic nitrogens is 2. The second-order valence-corrected chi connectivity index (χ2v) is 4.92. The molecule has 0 atom stereocenters. The van der Waals surface area contributed by atoms with Crippen LogP contribution in [0.1, 0.15) is 19.5 Å². The van der Waals surface area contributed by atoms with E-state index in [1.165, 1.54) is 16.7 Å². The second kappa shape index (κ2) is 5.38. The minimum absolute atomic E-state index is 0.159. The van der Waals surface area contributed by atoms with Crippen molar-refractivity contribution in [1.29, 1.82) is 0 Å². The number of rotatable bonds is 4. The number of imidazole rings is 1. The summed E-state index contributed by atoms with van der Waals surface area (Å²) in [6.07, 6.45) is 1.68. The Kier molecular flexibility index (Phi) is 3.83. The molecule has 0 spiro atoms. The van der Waals surface area contributed by atoms with E-state index < -0.39 is 11.6 Å². The van der Waals surface area contributed by atoms with Crippen molar-refractivity contribution >= 4 is 5.95 Å². The Labute approximate surface area is 111 Å². The molecule has 0 aliphatic heterocycles. The molecule has 19 heavy (non-hydrogen) atoms. The molecule has 0 bridgehead atoms. The van der Waals surface area contributed by atoms with E-state index in [2.05, 4.69) is 24.1 Å². The summed E-state index contributed by atoms with van der Waals surface area (Å²) >= 11 is 0. The van der Waals surface area contributed by atoms with Crippen LogP contribution in [0.15, 0.2) is 24.4 Å². The van der Waals surface area contributed by atoms with E-state index in [0.29, 0.717) is 18.4 Å². The number of aryl methyl sites for hydroxylation is 1. The summed E-state index contributed by atoms with van der Waals surface area (Å²) in [6.45, 7) is 6.66. The van der Waals surface area contributed by atoms with E-state index >= 15 is 0 Å². The average molecular weight is 265 g/mol. The quantitative estimate of drug-likeness (QED) is 0.916. The molecule has 0 radical (unpaired) electrons. The fourth-order valence-corrected chi connectivity index (χ4v) is 1.78. The van der Waals surface area contributed by atoms with Gasteiger partial charge in [0.1, 0.15) is 0 Å². The summed E-state index contributed by atoms with van der Waals surface area (Å²) in [5.41, 5.74) is 0.904. The molecule has 1 aromatic heterocycles. The molecule has 2 aromatic rings. The summed E-state index contributed by atoms with van der Waals surface area (Å²) in [5.74, 6) is -0.773. The zero-order chi connectivity index (χ0) is 14.0. The Hall–Kier alpha value is -1.91. The maximum absolute atomic E-state index is 13.8. The van der Waals surface area contributed by atoms with Gasteiger partial charge in [-0.1, -0.05) is 19.9 Å². The fourth-order valence-electron chi connectivity index (χ4n) is 1.78. The van der Waals surface area contributed by atoms with Crippen molar-refractivity contribution in [2.75, 3.05) is 11.9 Å². The SMILES string of the molecule is Cc1cn(-c2cccc(F)c2F)c(NCC(C)C)n1. The van der Waals surface area contributed by atoms with Gasteiger partial charge in [0.2, 0.25) is 5.95 Å². The first-order valence-electron chi connectivity index (χ1n) is 6.23. The topological polar surface area (TPSA) is 29.9 Å². The van der Waals surface area contributed by atoms with Gasteiger partial charge in [-0.25, -0.2) is 13.8 Å². The lowest BCUT2D eigenvalue weighted by Gasteiger charge is -2.12. The molecule has 0 unspecified atom stereocenters. The highest BCUT2D eigenvalue weighted by atomic mass is 19.2. The summed E-state index contributed by atoms with van der Waals surface area (Å²) < 4.78 is 28.7. The van der Waals surface area contributed by atoms with Gasteiger partial charge in [0.05, 0.1) is 11.4 Å². The zero-order valence-corrected chi connectivity index (χ0v) is 11.2. The van der Waals surface area contributed by atoms with Gasteiger partial charge < -0.3 is 5.32 Å². The van der Waals surface area contributed by atoms with Crippen molar-refractivity contribution in [2.45, 2.75) is 20.8 Å². The molecule has 0 saturated carbocycles. The van der Waals surface area contributed by atoms with Crippen LogP contribution >= 0.6 is 0 Å². The third kappa shape index (κ3) is 2.92. The van der Waals surface area contributed by atoms with Crippen molar-refractivity contribution in [3.63, 3.8) is 0 Å². The van der Waals surface area contributed by atoms with Crippen LogP contribution in [-0.2, 0) is 0 Å². The fraction of sp³-hybridized carbons (Fsp3) is 0.357. The average Bonchev–Trinajstić information content (AvgIpc) is 2.71. The molecule has 0 aliphatic carbocycles. The zero-order valence-electron chi connectivity index (χ0n) is 11.2. The molecule has 3 nitrogen and oxygen atoms in total. The van der Waals surface area contributed by atoms with E-state index in [9.17, 15) is 8.78 Å². The van der Waals surface area contributed by atoms with Crippen LogP contribution in [0.4, 0.5) is 14.7 Å². The van der Waals surface area contributed by atoms with Gasteiger partial charge in [0.25, 0.3) is 0 Å². The first-order valence-corrected chi connectivity index (χ1v) is 6.23. The molecule has 0 amide bonds. The van der Waals surface area contributed by atoms with E-state index in [4.69, 9.17) is 0 Å². The number of halogens is 2. The Balaban J connectivity index is 2.41. The largest absolute Gasteiger partial charge is 0.355 e. The molecule has 102 valence electrons. The molecule has 1 aromatic carbocycles. The molecule has 1 N–H and O–H groups in total. The first-order chi connectivity index (χ1) is 8.99. The Morgan fingerprint density at radius 2 is 2.05 bits per heavy atom. The van der Waals surface area contributed by atoms with Crippen LogP contribution in [0.2, 0.25) is 0 Å². The first kappa shape index (κ1) is 13.5. The Bertz CT molecular complexity index is 576. The van der Waals surface area contributed by atoms with Crippen LogP contribution < -0.4 is 5.32 Å². The minimum atomic E-state index is -0.868. The van der Waals surface area contributed by atoms with E-state index in [1.54, 1.807) is 6.20 Å². The minimum Gasteiger partial charge on any atom is -0.355 e. The van der Waals surface area contributed by atoms with Crippen molar-refractivity contribution < 1.29 is 8.78 Å². The Morgan fingerprint density at radius 3 is 2.74 bits per heavy atom. The van der Waals surface area contributed by atoms with Gasteiger partial charge in [-0.15, -0.1) is 0 Å². The highest BCUT2D eigenvalue weighted by molar-refractivity contribution is 5.44. The molecular formula is C14H17F2N3. The van der Waals surface area contributed by atoms with E-state index in [1.807, 2.05) is 6.92 Å². The monoisotopic (exact) mass is 265 g/mol. The smallest absolute Gasteiger partial charge is 0.207 e. The van der Waals surface area contributed by atoms with Crippen molar-refractivity contribution in [3.05, 3.63) is 41.7 Å². The van der Waals surface area contributed by atoms with Gasteiger partial charge in [0.15, 0.2) is 11.6 Å². The molecule has 5 heteroatoms. The van der Waals surface area contributed by atoms with Gasteiger partial charge >= 0.3 is 0 Å². The van der Waals surface area contributed by atoms with Gasteiger partial charge in [-0.2, -0.15) is 0 Å². The maximum atomic E-state index is 13.8. The van der Waals surface area contributed by atoms with Crippen LogP contribution in [0.5, 0.6) is 0 Å². The van der Waals surface area contributed by atoms with E-state index in [0.717, 1.165) is 11.8 Å². The standard InChI is InChI=1S/C14H17F2N3/c1-9(2)7-17-14-18-10(3)8-19(14)12-6-4-5-11(15)13(12)16/h4-6,8-9H,7H2,1-3H3,(H,17,18). The number of anilines is 1. The van der Waals surface area contributed by atoms with Gasteiger partial charge in [0, 0.05) is 12.7 Å². The Morgan fingerprint density at radius 1 is 1.32 bits per heavy atom. The lowest BCUT2D eigenvalue weighted by molar-refractivity contribution is 0.504.